The first kappa shape index (κ1) is 18.1. The third kappa shape index (κ3) is 3.19. The quantitative estimate of drug-likeness (QED) is 0.768. The van der Waals surface area contributed by atoms with E-state index in [-0.39, 0.29) is 11.7 Å². The predicted molar refractivity (Wildman–Crippen MR) is 90.5 cm³/mol. The molecule has 0 amide bonds. The molecule has 0 spiro atoms. The molecule has 0 aliphatic heterocycles. The zero-order chi connectivity index (χ0) is 18.0. The molecule has 0 aliphatic carbocycles. The van der Waals surface area contributed by atoms with Crippen molar-refractivity contribution < 1.29 is 19.1 Å². The first-order valence-electron chi connectivity index (χ1n) is 7.60. The highest BCUT2D eigenvalue weighted by Crippen LogP contribution is 2.27. The van der Waals surface area contributed by atoms with Crippen LogP contribution in [-0.2, 0) is 14.3 Å². The SMILES string of the molecule is CCC(C)OC(=O)C(C)n1cnc2sc(C(=O)OC)c(C)c2c1=O. The number of hydrogen-bond acceptors (Lipinski definition) is 7. The Hall–Kier alpha value is -2.22. The normalized spacial score (nSPS) is 13.5. The van der Waals surface area contributed by atoms with Crippen LogP contribution in [0.15, 0.2) is 11.1 Å². The van der Waals surface area contributed by atoms with Gasteiger partial charge < -0.3 is 9.47 Å². The van der Waals surface area contributed by atoms with Gasteiger partial charge in [-0.15, -0.1) is 11.3 Å². The molecule has 8 heteroatoms. The molecule has 0 fully saturated rings. The molecule has 2 heterocycles. The summed E-state index contributed by atoms with van der Waals surface area (Å²) in [6, 6.07) is -0.802. The number of ether oxygens (including phenoxy) is 2. The van der Waals surface area contributed by atoms with Gasteiger partial charge in [0.15, 0.2) is 0 Å². The Balaban J connectivity index is 2.48. The molecule has 7 nitrogen and oxygen atoms in total. The van der Waals surface area contributed by atoms with Crippen molar-refractivity contribution >= 4 is 33.5 Å². The average Bonchev–Trinajstić information content (AvgIpc) is 2.91. The molecule has 2 aromatic rings. The van der Waals surface area contributed by atoms with Crippen LogP contribution in [0.1, 0.15) is 48.5 Å². The minimum absolute atomic E-state index is 0.221. The Labute approximate surface area is 143 Å². The van der Waals surface area contributed by atoms with Crippen LogP contribution < -0.4 is 5.56 Å². The van der Waals surface area contributed by atoms with Crippen molar-refractivity contribution in [2.24, 2.45) is 0 Å². The lowest BCUT2D eigenvalue weighted by atomic mass is 10.2. The van der Waals surface area contributed by atoms with Gasteiger partial charge >= 0.3 is 11.9 Å². The molecular weight excluding hydrogens is 332 g/mol. The highest BCUT2D eigenvalue weighted by atomic mass is 32.1. The van der Waals surface area contributed by atoms with Gasteiger partial charge in [0, 0.05) is 0 Å². The monoisotopic (exact) mass is 352 g/mol. The number of carbonyl (C=O) groups excluding carboxylic acids is 2. The Kier molecular flexibility index (Phi) is 5.38. The summed E-state index contributed by atoms with van der Waals surface area (Å²) in [5, 5.41) is 0.325. The summed E-state index contributed by atoms with van der Waals surface area (Å²) >= 11 is 1.10. The van der Waals surface area contributed by atoms with Crippen molar-refractivity contribution in [2.75, 3.05) is 7.11 Å². The van der Waals surface area contributed by atoms with E-state index in [9.17, 15) is 14.4 Å². The maximum atomic E-state index is 12.7. The molecule has 0 radical (unpaired) electrons. The van der Waals surface area contributed by atoms with E-state index in [0.29, 0.717) is 27.1 Å². The lowest BCUT2D eigenvalue weighted by Gasteiger charge is -2.17. The number of thiophene rings is 1. The molecule has 0 bridgehead atoms. The number of fused-ring (bicyclic) bond motifs is 1. The minimum Gasteiger partial charge on any atom is -0.465 e. The summed E-state index contributed by atoms with van der Waals surface area (Å²) in [6.45, 7) is 6.95. The second kappa shape index (κ2) is 7.12. The van der Waals surface area contributed by atoms with Crippen molar-refractivity contribution in [2.45, 2.75) is 46.3 Å². The standard InChI is InChI=1S/C16H20N2O5S/c1-6-8(2)23-15(20)10(4)18-7-17-13-11(14(18)19)9(3)12(24-13)16(21)22-5/h7-8,10H,6H2,1-5H3. The summed E-state index contributed by atoms with van der Waals surface area (Å²) in [5.74, 6) is -1.00. The summed E-state index contributed by atoms with van der Waals surface area (Å²) < 4.78 is 11.2. The van der Waals surface area contributed by atoms with Crippen LogP contribution in [0.5, 0.6) is 0 Å². The Morgan fingerprint density at radius 1 is 1.38 bits per heavy atom. The molecule has 0 saturated heterocycles. The van der Waals surface area contributed by atoms with Gasteiger partial charge in [-0.25, -0.2) is 14.6 Å². The van der Waals surface area contributed by atoms with E-state index in [0.717, 1.165) is 11.3 Å². The number of hydrogen-bond donors (Lipinski definition) is 0. The van der Waals surface area contributed by atoms with Gasteiger partial charge in [-0.3, -0.25) is 9.36 Å². The molecule has 130 valence electrons. The molecule has 2 unspecified atom stereocenters. The molecular formula is C16H20N2O5S. The maximum Gasteiger partial charge on any atom is 0.348 e. The fourth-order valence-electron chi connectivity index (χ4n) is 2.19. The topological polar surface area (TPSA) is 87.5 Å². The number of rotatable bonds is 5. The van der Waals surface area contributed by atoms with Crippen molar-refractivity contribution in [3.8, 4) is 0 Å². The molecule has 0 aliphatic rings. The third-order valence-corrected chi connectivity index (χ3v) is 5.08. The van der Waals surface area contributed by atoms with Gasteiger partial charge in [0.1, 0.15) is 15.7 Å². The Bertz CT molecular complexity index is 839. The van der Waals surface area contributed by atoms with E-state index in [1.807, 2.05) is 6.92 Å². The molecule has 0 N–H and O–H groups in total. The fraction of sp³-hybridized carbons (Fsp3) is 0.500. The first-order chi connectivity index (χ1) is 11.3. The van der Waals surface area contributed by atoms with Crippen molar-refractivity contribution in [3.05, 3.63) is 27.1 Å². The minimum atomic E-state index is -0.802. The molecule has 2 rings (SSSR count). The van der Waals surface area contributed by atoms with Crippen LogP contribution in [0.2, 0.25) is 0 Å². The Morgan fingerprint density at radius 3 is 2.62 bits per heavy atom. The second-order valence-corrected chi connectivity index (χ2v) is 6.52. The van der Waals surface area contributed by atoms with E-state index < -0.39 is 18.0 Å². The van der Waals surface area contributed by atoms with E-state index in [1.165, 1.54) is 18.0 Å². The van der Waals surface area contributed by atoms with E-state index >= 15 is 0 Å². The molecule has 2 aromatic heterocycles. The third-order valence-electron chi connectivity index (χ3n) is 3.90. The van der Waals surface area contributed by atoms with E-state index in [4.69, 9.17) is 9.47 Å². The predicted octanol–water partition coefficient (Wildman–Crippen LogP) is 2.46. The van der Waals surface area contributed by atoms with Gasteiger partial charge in [0.25, 0.3) is 5.56 Å². The summed E-state index contributed by atoms with van der Waals surface area (Å²) in [4.78, 5) is 41.7. The van der Waals surface area contributed by atoms with Crippen molar-refractivity contribution in [1.82, 2.24) is 9.55 Å². The molecule has 0 aromatic carbocycles. The van der Waals surface area contributed by atoms with Crippen LogP contribution in [-0.4, -0.2) is 34.7 Å². The second-order valence-electron chi connectivity index (χ2n) is 5.52. The summed E-state index contributed by atoms with van der Waals surface area (Å²) in [5.41, 5.74) is 0.133. The lowest BCUT2D eigenvalue weighted by Crippen LogP contribution is -2.31. The Morgan fingerprint density at radius 2 is 2.04 bits per heavy atom. The largest absolute Gasteiger partial charge is 0.465 e. The fourth-order valence-corrected chi connectivity index (χ4v) is 3.25. The number of aryl methyl sites for hydroxylation is 1. The first-order valence-corrected chi connectivity index (χ1v) is 8.42. The molecule has 2 atom stereocenters. The average molecular weight is 352 g/mol. The van der Waals surface area contributed by atoms with Gasteiger partial charge in [-0.1, -0.05) is 6.92 Å². The lowest BCUT2D eigenvalue weighted by molar-refractivity contribution is -0.152. The highest BCUT2D eigenvalue weighted by molar-refractivity contribution is 7.20. The van der Waals surface area contributed by atoms with Crippen LogP contribution in [0.4, 0.5) is 0 Å². The van der Waals surface area contributed by atoms with Gasteiger partial charge in [0.2, 0.25) is 0 Å². The van der Waals surface area contributed by atoms with E-state index in [2.05, 4.69) is 4.98 Å². The number of carbonyl (C=O) groups is 2. The van der Waals surface area contributed by atoms with E-state index in [1.54, 1.807) is 20.8 Å². The smallest absolute Gasteiger partial charge is 0.348 e. The summed E-state index contributed by atoms with van der Waals surface area (Å²) in [6.07, 6.45) is 1.78. The van der Waals surface area contributed by atoms with Crippen LogP contribution in [0.3, 0.4) is 0 Å². The van der Waals surface area contributed by atoms with Crippen molar-refractivity contribution in [3.63, 3.8) is 0 Å². The van der Waals surface area contributed by atoms with Crippen LogP contribution in [0.25, 0.3) is 10.2 Å². The molecule has 0 saturated carbocycles. The van der Waals surface area contributed by atoms with Gasteiger partial charge in [-0.2, -0.15) is 0 Å². The maximum absolute atomic E-state index is 12.7. The summed E-state index contributed by atoms with van der Waals surface area (Å²) in [7, 11) is 1.28. The van der Waals surface area contributed by atoms with Crippen LogP contribution in [0, 0.1) is 6.92 Å². The number of methoxy groups -OCH3 is 1. The zero-order valence-electron chi connectivity index (χ0n) is 14.3. The van der Waals surface area contributed by atoms with Gasteiger partial charge in [-0.05, 0) is 32.8 Å². The van der Waals surface area contributed by atoms with Gasteiger partial charge in [0.05, 0.1) is 24.9 Å². The highest BCUT2D eigenvalue weighted by Gasteiger charge is 2.24. The number of esters is 2. The van der Waals surface area contributed by atoms with Crippen LogP contribution >= 0.6 is 11.3 Å². The zero-order valence-corrected chi connectivity index (χ0v) is 15.1. The number of aromatic nitrogens is 2. The number of nitrogens with zero attached hydrogens (tertiary/aromatic N) is 2. The molecule has 24 heavy (non-hydrogen) atoms. The van der Waals surface area contributed by atoms with Crippen molar-refractivity contribution in [1.29, 1.82) is 0 Å².